The Hall–Kier alpha value is -3.65. The lowest BCUT2D eigenvalue weighted by molar-refractivity contribution is 0.312. The third kappa shape index (κ3) is 5.33. The van der Waals surface area contributed by atoms with E-state index in [1.165, 1.54) is 10.4 Å². The molecule has 0 unspecified atom stereocenters. The van der Waals surface area contributed by atoms with Gasteiger partial charge in [-0.05, 0) is 37.6 Å². The number of anilines is 3. The van der Waals surface area contributed by atoms with Crippen LogP contribution in [0.3, 0.4) is 0 Å². The fraction of sp³-hybridized carbons (Fsp3) is 0.292. The molecule has 32 heavy (non-hydrogen) atoms. The molecule has 8 heteroatoms. The highest BCUT2D eigenvalue weighted by Gasteiger charge is 2.17. The number of benzene rings is 1. The molecule has 0 radical (unpaired) electrons. The zero-order chi connectivity index (χ0) is 22.5. The molecule has 0 aliphatic carbocycles. The lowest BCUT2D eigenvalue weighted by Crippen LogP contribution is -2.44. The lowest BCUT2D eigenvalue weighted by atomic mass is 10.1. The Labute approximate surface area is 189 Å². The molecule has 0 atom stereocenters. The number of likely N-dealkylation sites (N-methyl/N-ethyl adjacent to an activating group) is 1. The van der Waals surface area contributed by atoms with Crippen LogP contribution in [0.2, 0.25) is 0 Å². The number of aromatic nitrogens is 4. The summed E-state index contributed by atoms with van der Waals surface area (Å²) in [5.41, 5.74) is 3.20. The van der Waals surface area contributed by atoms with Crippen LogP contribution in [-0.4, -0.2) is 58.0 Å². The lowest BCUT2D eigenvalue weighted by Gasteiger charge is -2.33. The third-order valence-corrected chi connectivity index (χ3v) is 5.52. The number of nitrogen functional groups attached to an aromatic ring is 1. The maximum absolute atomic E-state index is 5.83. The quantitative estimate of drug-likeness (QED) is 0.440. The molecule has 0 spiro atoms. The van der Waals surface area contributed by atoms with Crippen LogP contribution in [0, 0.1) is 6.92 Å². The van der Waals surface area contributed by atoms with Crippen LogP contribution in [0.1, 0.15) is 22.6 Å². The summed E-state index contributed by atoms with van der Waals surface area (Å²) in [6.45, 7) is 9.57. The Morgan fingerprint density at radius 3 is 2.44 bits per heavy atom. The molecule has 1 aliphatic heterocycles. The van der Waals surface area contributed by atoms with Gasteiger partial charge in [-0.3, -0.25) is 0 Å². The van der Waals surface area contributed by atoms with E-state index in [4.69, 9.17) is 15.8 Å². The Balaban J connectivity index is 1.60. The van der Waals surface area contributed by atoms with Crippen molar-refractivity contribution in [1.29, 1.82) is 0 Å². The van der Waals surface area contributed by atoms with Gasteiger partial charge in [-0.2, -0.15) is 4.79 Å². The number of allylic oxidation sites excluding steroid dienone is 1. The highest BCUT2D eigenvalue weighted by Crippen LogP contribution is 2.22. The van der Waals surface area contributed by atoms with Crippen molar-refractivity contribution in [1.82, 2.24) is 24.8 Å². The maximum atomic E-state index is 5.83. The van der Waals surface area contributed by atoms with E-state index < -0.39 is 0 Å². The maximum Gasteiger partial charge on any atom is 0.156 e. The second-order valence-corrected chi connectivity index (χ2v) is 8.07. The summed E-state index contributed by atoms with van der Waals surface area (Å²) in [5.74, 6) is 8.72. The first-order valence-corrected chi connectivity index (χ1v) is 10.8. The monoisotopic (exact) mass is 430 g/mol. The Kier molecular flexibility index (Phi) is 6.51. The van der Waals surface area contributed by atoms with Crippen LogP contribution < -0.4 is 16.1 Å². The zero-order valence-electron chi connectivity index (χ0n) is 18.7. The van der Waals surface area contributed by atoms with Gasteiger partial charge >= 0.3 is 0 Å². The number of aryl methyl sites for hydroxylation is 1. The van der Waals surface area contributed by atoms with Gasteiger partial charge in [0.25, 0.3) is 0 Å². The van der Waals surface area contributed by atoms with Crippen molar-refractivity contribution in [3.63, 3.8) is 0 Å². The van der Waals surface area contributed by atoms with Gasteiger partial charge in [0.2, 0.25) is 0 Å². The SMILES string of the molecule is C=CCc1ccc(/C=C/c2nc(Nc3cc(C)n(N)n3)cc(N3CCN(C)CC3)n2)cc1. The molecule has 0 bridgehead atoms. The van der Waals surface area contributed by atoms with Gasteiger partial charge < -0.3 is 21.0 Å². The van der Waals surface area contributed by atoms with E-state index >= 15 is 0 Å². The molecule has 1 aliphatic rings. The van der Waals surface area contributed by atoms with Crippen molar-refractivity contribution in [3.05, 3.63) is 71.7 Å². The molecule has 3 aromatic rings. The van der Waals surface area contributed by atoms with Crippen molar-refractivity contribution in [2.45, 2.75) is 13.3 Å². The van der Waals surface area contributed by atoms with Crippen LogP contribution in [0.25, 0.3) is 12.2 Å². The molecule has 3 N–H and O–H groups in total. The van der Waals surface area contributed by atoms with Crippen molar-refractivity contribution >= 4 is 29.6 Å². The summed E-state index contributed by atoms with van der Waals surface area (Å²) in [6, 6.07) is 12.3. The highest BCUT2D eigenvalue weighted by atomic mass is 15.5. The minimum atomic E-state index is 0.642. The molecule has 1 aromatic carbocycles. The molecular weight excluding hydrogens is 400 g/mol. The summed E-state index contributed by atoms with van der Waals surface area (Å²) < 4.78 is 0. The van der Waals surface area contributed by atoms with Gasteiger partial charge in [0, 0.05) is 38.3 Å². The normalized spacial score (nSPS) is 14.8. The van der Waals surface area contributed by atoms with Crippen molar-refractivity contribution in [3.8, 4) is 0 Å². The van der Waals surface area contributed by atoms with Gasteiger partial charge in [0.1, 0.15) is 11.6 Å². The first kappa shape index (κ1) is 21.6. The summed E-state index contributed by atoms with van der Waals surface area (Å²) in [5, 5.41) is 7.55. The number of nitrogens with two attached hydrogens (primary N) is 1. The van der Waals surface area contributed by atoms with E-state index in [1.54, 1.807) is 0 Å². The van der Waals surface area contributed by atoms with Crippen molar-refractivity contribution < 1.29 is 0 Å². The number of piperazine rings is 1. The summed E-state index contributed by atoms with van der Waals surface area (Å²) >= 11 is 0. The van der Waals surface area contributed by atoms with Crippen molar-refractivity contribution in [2.24, 2.45) is 0 Å². The van der Waals surface area contributed by atoms with Crippen LogP contribution in [-0.2, 0) is 6.42 Å². The number of rotatable bonds is 7. The number of hydrogen-bond acceptors (Lipinski definition) is 7. The molecule has 8 nitrogen and oxygen atoms in total. The minimum Gasteiger partial charge on any atom is -0.354 e. The molecule has 2 aromatic heterocycles. The summed E-state index contributed by atoms with van der Waals surface area (Å²) in [6.07, 6.45) is 6.75. The Bertz CT molecular complexity index is 1070. The average molecular weight is 431 g/mol. The number of hydrogen-bond donors (Lipinski definition) is 2. The number of nitrogens with one attached hydrogen (secondary N) is 1. The van der Waals surface area contributed by atoms with Crippen LogP contribution in [0.5, 0.6) is 0 Å². The number of nitrogens with zero attached hydrogens (tertiary/aromatic N) is 6. The molecule has 3 heterocycles. The van der Waals surface area contributed by atoms with E-state index in [1.807, 2.05) is 37.3 Å². The molecule has 1 fully saturated rings. The Morgan fingerprint density at radius 2 is 1.78 bits per heavy atom. The molecular formula is C24H30N8. The third-order valence-electron chi connectivity index (χ3n) is 5.52. The minimum absolute atomic E-state index is 0.642. The second-order valence-electron chi connectivity index (χ2n) is 8.07. The van der Waals surface area contributed by atoms with Gasteiger partial charge in [-0.15, -0.1) is 11.7 Å². The van der Waals surface area contributed by atoms with Crippen LogP contribution in [0.15, 0.2) is 49.1 Å². The molecule has 0 saturated carbocycles. The fourth-order valence-electron chi connectivity index (χ4n) is 3.57. The Morgan fingerprint density at radius 1 is 1.03 bits per heavy atom. The molecule has 166 valence electrons. The van der Waals surface area contributed by atoms with Gasteiger partial charge in [0.05, 0.1) is 5.69 Å². The van der Waals surface area contributed by atoms with Gasteiger partial charge in [0.15, 0.2) is 11.6 Å². The van der Waals surface area contributed by atoms with E-state index in [0.717, 1.165) is 49.7 Å². The van der Waals surface area contributed by atoms with Gasteiger partial charge in [-0.1, -0.05) is 36.4 Å². The second kappa shape index (κ2) is 9.65. The first-order valence-electron chi connectivity index (χ1n) is 10.8. The van der Waals surface area contributed by atoms with E-state index in [2.05, 4.69) is 58.1 Å². The molecule has 4 rings (SSSR count). The van der Waals surface area contributed by atoms with Crippen molar-refractivity contribution in [2.75, 3.05) is 49.3 Å². The smallest absolute Gasteiger partial charge is 0.156 e. The largest absolute Gasteiger partial charge is 0.354 e. The topological polar surface area (TPSA) is 88.1 Å². The van der Waals surface area contributed by atoms with E-state index in [9.17, 15) is 0 Å². The highest BCUT2D eigenvalue weighted by molar-refractivity contribution is 5.69. The fourth-order valence-corrected chi connectivity index (χ4v) is 3.57. The van der Waals surface area contributed by atoms with Crippen LogP contribution >= 0.6 is 0 Å². The van der Waals surface area contributed by atoms with E-state index in [-0.39, 0.29) is 0 Å². The first-order chi connectivity index (χ1) is 15.5. The zero-order valence-corrected chi connectivity index (χ0v) is 18.7. The van der Waals surface area contributed by atoms with Gasteiger partial charge in [-0.25, -0.2) is 9.97 Å². The van der Waals surface area contributed by atoms with Crippen LogP contribution in [0.4, 0.5) is 17.5 Å². The predicted molar refractivity (Wildman–Crippen MR) is 131 cm³/mol. The molecule has 0 amide bonds. The molecule has 1 saturated heterocycles. The predicted octanol–water partition coefficient (Wildman–Crippen LogP) is 3.09. The summed E-state index contributed by atoms with van der Waals surface area (Å²) in [7, 11) is 2.14. The average Bonchev–Trinajstić information content (AvgIpc) is 3.10. The summed E-state index contributed by atoms with van der Waals surface area (Å²) in [4.78, 5) is 15.5. The van der Waals surface area contributed by atoms with E-state index in [0.29, 0.717) is 17.5 Å². The standard InChI is InChI=1S/C24H30N8/c1-4-5-19-6-8-20(9-7-19)10-11-21-26-22(27-23-16-18(2)32(25)29-23)17-24(28-21)31-14-12-30(3)13-15-31/h4,6-11,16-17H,1,5,12-15,25H2,2-3H3,(H,26,27,28,29)/b11-10+.